The second-order valence-corrected chi connectivity index (χ2v) is 5.01. The molecule has 0 saturated heterocycles. The number of hydrogen-bond acceptors (Lipinski definition) is 2. The lowest BCUT2D eigenvalue weighted by Crippen LogP contribution is -2.34. The lowest BCUT2D eigenvalue weighted by atomic mass is 10.1. The monoisotopic (exact) mass is 248 g/mol. The van der Waals surface area contributed by atoms with Gasteiger partial charge in [-0.05, 0) is 26.3 Å². The molecule has 0 aliphatic heterocycles. The molecular weight excluding hydrogens is 228 g/mol. The van der Waals surface area contributed by atoms with E-state index < -0.39 is 0 Å². The van der Waals surface area contributed by atoms with Crippen molar-refractivity contribution in [3.63, 3.8) is 0 Å². The molecule has 1 rings (SSSR count). The van der Waals surface area contributed by atoms with E-state index >= 15 is 0 Å². The Morgan fingerprint density at radius 2 is 1.82 bits per heavy atom. The molecule has 0 N–H and O–H groups in total. The maximum atomic E-state index is 5.58. The van der Waals surface area contributed by atoms with Gasteiger partial charge in [-0.1, -0.05) is 41.6 Å². The number of hydrogen-bond donors (Lipinski definition) is 0. The van der Waals surface area contributed by atoms with Crippen molar-refractivity contribution in [1.82, 2.24) is 0 Å². The normalized spacial score (nSPS) is 10.8. The summed E-state index contributed by atoms with van der Waals surface area (Å²) in [7, 11) is 0.496. The van der Waals surface area contributed by atoms with E-state index in [1.54, 1.807) is 0 Å². The Hall–Kier alpha value is -0.903. The first-order valence-corrected chi connectivity index (χ1v) is 7.01. The first-order chi connectivity index (χ1) is 8.19. The molecule has 1 aromatic rings. The molecule has 0 heterocycles. The maximum Gasteiger partial charge on any atom is 0.157 e. The molecule has 0 unspecified atom stereocenters. The minimum absolute atomic E-state index is 0.134. The van der Waals surface area contributed by atoms with Crippen molar-refractivity contribution in [3.8, 4) is 0 Å². The van der Waals surface area contributed by atoms with E-state index in [1.165, 1.54) is 10.8 Å². The lowest BCUT2D eigenvalue weighted by molar-refractivity contribution is -0.0817. The van der Waals surface area contributed by atoms with Gasteiger partial charge in [0.05, 0.1) is 0 Å². The van der Waals surface area contributed by atoms with E-state index in [0.717, 1.165) is 5.57 Å². The molecular formula is C14H20O2Si. The van der Waals surface area contributed by atoms with Gasteiger partial charge in [0.25, 0.3) is 0 Å². The molecule has 3 heteroatoms. The third-order valence-electron chi connectivity index (χ3n) is 2.30. The summed E-state index contributed by atoms with van der Waals surface area (Å²) in [5.41, 5.74) is 2.29. The Morgan fingerprint density at radius 1 is 1.24 bits per heavy atom. The molecule has 92 valence electrons. The molecule has 0 amide bonds. The van der Waals surface area contributed by atoms with E-state index in [9.17, 15) is 0 Å². The number of ether oxygens (including phenoxy) is 2. The van der Waals surface area contributed by atoms with Gasteiger partial charge < -0.3 is 9.47 Å². The zero-order valence-corrected chi connectivity index (χ0v) is 11.8. The number of benzene rings is 1. The van der Waals surface area contributed by atoms with Crippen LogP contribution in [-0.4, -0.2) is 28.6 Å². The Kier molecular flexibility index (Phi) is 6.19. The van der Waals surface area contributed by atoms with Crippen molar-refractivity contribution in [1.29, 1.82) is 0 Å². The first kappa shape index (κ1) is 14.2. The van der Waals surface area contributed by atoms with E-state index in [2.05, 4.69) is 18.7 Å². The predicted molar refractivity (Wildman–Crippen MR) is 73.6 cm³/mol. The van der Waals surface area contributed by atoms with Gasteiger partial charge in [-0.25, -0.2) is 0 Å². The second kappa shape index (κ2) is 7.43. The highest BCUT2D eigenvalue weighted by molar-refractivity contribution is 6.55. The molecule has 2 radical (unpaired) electrons. The molecule has 17 heavy (non-hydrogen) atoms. The highest BCUT2D eigenvalue weighted by atomic mass is 28.2. The predicted octanol–water partition coefficient (Wildman–Crippen LogP) is 2.41. The Bertz CT molecular complexity index is 357. The maximum absolute atomic E-state index is 5.58. The summed E-state index contributed by atoms with van der Waals surface area (Å²) in [4.78, 5) is 0. The first-order valence-electron chi connectivity index (χ1n) is 5.93. The van der Waals surface area contributed by atoms with Gasteiger partial charge in [-0.2, -0.15) is 0 Å². The summed E-state index contributed by atoms with van der Waals surface area (Å²) in [6, 6.07) is 8.30. The fourth-order valence-corrected chi connectivity index (χ4v) is 2.94. The summed E-state index contributed by atoms with van der Waals surface area (Å²) in [6.45, 7) is 11.4. The van der Waals surface area contributed by atoms with Gasteiger partial charge in [0.15, 0.2) is 9.52 Å². The minimum atomic E-state index is -0.134. The smallest absolute Gasteiger partial charge is 0.157 e. The van der Waals surface area contributed by atoms with Crippen molar-refractivity contribution < 1.29 is 9.47 Å². The third-order valence-corrected chi connectivity index (χ3v) is 3.61. The molecule has 0 aromatic heterocycles. The van der Waals surface area contributed by atoms with Crippen molar-refractivity contribution in [2.75, 3.05) is 13.2 Å². The topological polar surface area (TPSA) is 18.5 Å². The highest BCUT2D eigenvalue weighted by Gasteiger charge is 2.13. The summed E-state index contributed by atoms with van der Waals surface area (Å²) < 4.78 is 11.2. The Morgan fingerprint density at radius 3 is 2.35 bits per heavy atom. The SMILES string of the molecule is C=C(C)c1ccccc1[Si]C(OCC)OCC. The zero-order valence-electron chi connectivity index (χ0n) is 10.8. The van der Waals surface area contributed by atoms with E-state index in [-0.39, 0.29) is 5.91 Å². The quantitative estimate of drug-likeness (QED) is 0.545. The van der Waals surface area contributed by atoms with Crippen LogP contribution in [-0.2, 0) is 9.47 Å². The fourth-order valence-electron chi connectivity index (χ4n) is 1.54. The Labute approximate surface area is 106 Å². The molecule has 0 spiro atoms. The van der Waals surface area contributed by atoms with Crippen molar-refractivity contribution >= 4 is 20.3 Å². The average Bonchev–Trinajstić information content (AvgIpc) is 2.30. The van der Waals surface area contributed by atoms with Crippen molar-refractivity contribution in [3.05, 3.63) is 36.4 Å². The standard InChI is InChI=1S/C14H20O2Si/c1-5-15-14(16-6-2)17-13-10-8-7-9-12(13)11(3)4/h7-10,14H,3,5-6H2,1-2,4H3. The molecule has 0 fully saturated rings. The van der Waals surface area contributed by atoms with Gasteiger partial charge in [-0.15, -0.1) is 0 Å². The summed E-state index contributed by atoms with van der Waals surface area (Å²) in [5.74, 6) is -0.134. The van der Waals surface area contributed by atoms with E-state index in [4.69, 9.17) is 9.47 Å². The van der Waals surface area contributed by atoms with Crippen LogP contribution in [0.15, 0.2) is 30.8 Å². The number of allylic oxidation sites excluding steroid dienone is 1. The highest BCUT2D eigenvalue weighted by Crippen LogP contribution is 2.08. The Balaban J connectivity index is 2.80. The van der Waals surface area contributed by atoms with E-state index in [1.807, 2.05) is 32.9 Å². The van der Waals surface area contributed by atoms with Crippen LogP contribution in [0.25, 0.3) is 5.57 Å². The van der Waals surface area contributed by atoms with Crippen LogP contribution in [0.5, 0.6) is 0 Å². The van der Waals surface area contributed by atoms with Crippen LogP contribution in [0.1, 0.15) is 26.3 Å². The van der Waals surface area contributed by atoms with Crippen LogP contribution >= 0.6 is 0 Å². The summed E-state index contributed by atoms with van der Waals surface area (Å²) in [6.07, 6.45) is 0. The number of rotatable bonds is 7. The van der Waals surface area contributed by atoms with Gasteiger partial charge in [0.1, 0.15) is 5.91 Å². The molecule has 0 saturated carbocycles. The molecule has 2 nitrogen and oxygen atoms in total. The largest absolute Gasteiger partial charge is 0.357 e. The van der Waals surface area contributed by atoms with Crippen LogP contribution in [0.2, 0.25) is 0 Å². The molecule has 0 atom stereocenters. The van der Waals surface area contributed by atoms with Crippen LogP contribution in [0.3, 0.4) is 0 Å². The lowest BCUT2D eigenvalue weighted by Gasteiger charge is -2.17. The van der Waals surface area contributed by atoms with Gasteiger partial charge in [0.2, 0.25) is 0 Å². The summed E-state index contributed by atoms with van der Waals surface area (Å²) >= 11 is 0. The average molecular weight is 248 g/mol. The van der Waals surface area contributed by atoms with Crippen molar-refractivity contribution in [2.45, 2.75) is 26.7 Å². The van der Waals surface area contributed by atoms with Gasteiger partial charge in [0, 0.05) is 13.2 Å². The molecule has 0 aliphatic rings. The van der Waals surface area contributed by atoms with Crippen LogP contribution in [0, 0.1) is 0 Å². The minimum Gasteiger partial charge on any atom is -0.357 e. The van der Waals surface area contributed by atoms with Gasteiger partial charge in [-0.3, -0.25) is 0 Å². The van der Waals surface area contributed by atoms with Gasteiger partial charge >= 0.3 is 0 Å². The van der Waals surface area contributed by atoms with E-state index in [0.29, 0.717) is 22.7 Å². The molecule has 1 aromatic carbocycles. The summed E-state index contributed by atoms with van der Waals surface area (Å²) in [5, 5.41) is 1.26. The van der Waals surface area contributed by atoms with Crippen LogP contribution in [0.4, 0.5) is 0 Å². The zero-order chi connectivity index (χ0) is 12.7. The molecule has 0 bridgehead atoms. The second-order valence-electron chi connectivity index (χ2n) is 3.71. The fraction of sp³-hybridized carbons (Fsp3) is 0.429. The van der Waals surface area contributed by atoms with Crippen LogP contribution < -0.4 is 5.19 Å². The van der Waals surface area contributed by atoms with Crippen molar-refractivity contribution in [2.24, 2.45) is 0 Å². The molecule has 0 aliphatic carbocycles. The third kappa shape index (κ3) is 4.46.